The average molecular weight is 339 g/mol. The Bertz CT molecular complexity index is 1030. The van der Waals surface area contributed by atoms with E-state index in [1.807, 2.05) is 30.3 Å². The van der Waals surface area contributed by atoms with E-state index in [4.69, 9.17) is 0 Å². The second-order valence-electron chi connectivity index (χ2n) is 5.55. The highest BCUT2D eigenvalue weighted by Gasteiger charge is 2.17. The van der Waals surface area contributed by atoms with Crippen LogP contribution < -0.4 is 5.32 Å². The van der Waals surface area contributed by atoms with E-state index in [1.165, 1.54) is 17.4 Å². The van der Waals surface area contributed by atoms with Crippen molar-refractivity contribution in [2.24, 2.45) is 0 Å². The first-order chi connectivity index (χ1) is 11.6. The van der Waals surface area contributed by atoms with Crippen LogP contribution in [0.4, 0.5) is 4.39 Å². The number of hydrogen-bond acceptors (Lipinski definition) is 3. The fourth-order valence-electron chi connectivity index (χ4n) is 2.80. The van der Waals surface area contributed by atoms with E-state index in [-0.39, 0.29) is 11.7 Å². The third-order valence-electron chi connectivity index (χ3n) is 3.96. The number of nitrogens with one attached hydrogen (secondary N) is 2. The molecule has 24 heavy (non-hydrogen) atoms. The minimum Gasteiger partial charge on any atom is -0.344 e. The molecule has 4 aromatic rings. The van der Waals surface area contributed by atoms with E-state index in [0.717, 1.165) is 15.7 Å². The summed E-state index contributed by atoms with van der Waals surface area (Å²) >= 11 is 1.30. The van der Waals surface area contributed by atoms with Crippen molar-refractivity contribution in [1.82, 2.24) is 15.3 Å². The number of carbonyl (C=O) groups is 1. The summed E-state index contributed by atoms with van der Waals surface area (Å²) < 4.78 is 14.7. The molecule has 2 aromatic heterocycles. The largest absolute Gasteiger partial charge is 0.344 e. The van der Waals surface area contributed by atoms with Crippen molar-refractivity contribution in [2.45, 2.75) is 13.5 Å². The molecule has 0 fully saturated rings. The molecule has 0 radical (unpaired) electrons. The van der Waals surface area contributed by atoms with Crippen LogP contribution in [0.2, 0.25) is 0 Å². The normalized spacial score (nSPS) is 11.2. The maximum Gasteiger partial charge on any atom is 0.262 e. The van der Waals surface area contributed by atoms with Gasteiger partial charge < -0.3 is 10.3 Å². The Kier molecular flexibility index (Phi) is 3.54. The number of aryl methyl sites for hydroxylation is 1. The quantitative estimate of drug-likeness (QED) is 0.589. The molecule has 1 amide bonds. The standard InChI is InChI=1S/C18H14FN3OS/c1-10-16-11(19)5-4-8-14(16)24-17(10)18(23)20-9-15-21-12-6-2-3-7-13(12)22-15/h2-8H,9H2,1H3,(H,20,23)(H,21,22). The number of aromatic amines is 1. The predicted molar refractivity (Wildman–Crippen MR) is 93.8 cm³/mol. The molecule has 0 aliphatic carbocycles. The number of para-hydroxylation sites is 2. The molecule has 120 valence electrons. The lowest BCUT2D eigenvalue weighted by molar-refractivity contribution is 0.0953. The van der Waals surface area contributed by atoms with E-state index >= 15 is 0 Å². The third-order valence-corrected chi connectivity index (χ3v) is 5.22. The van der Waals surface area contributed by atoms with Crippen molar-refractivity contribution in [2.75, 3.05) is 0 Å². The van der Waals surface area contributed by atoms with Gasteiger partial charge >= 0.3 is 0 Å². The average Bonchev–Trinajstić information content (AvgIpc) is 3.14. The number of benzene rings is 2. The number of rotatable bonds is 3. The van der Waals surface area contributed by atoms with Crippen LogP contribution in [0.3, 0.4) is 0 Å². The summed E-state index contributed by atoms with van der Waals surface area (Å²) in [7, 11) is 0. The number of amides is 1. The van der Waals surface area contributed by atoms with Crippen LogP contribution in [0.1, 0.15) is 21.1 Å². The van der Waals surface area contributed by atoms with Gasteiger partial charge in [-0.1, -0.05) is 18.2 Å². The Morgan fingerprint density at radius 1 is 1.25 bits per heavy atom. The van der Waals surface area contributed by atoms with E-state index in [9.17, 15) is 9.18 Å². The molecular weight excluding hydrogens is 325 g/mol. The molecule has 0 spiro atoms. The van der Waals surface area contributed by atoms with E-state index in [2.05, 4.69) is 15.3 Å². The van der Waals surface area contributed by atoms with Gasteiger partial charge in [-0.15, -0.1) is 11.3 Å². The molecule has 0 unspecified atom stereocenters. The molecule has 2 aromatic carbocycles. The maximum absolute atomic E-state index is 14.0. The molecule has 0 aliphatic rings. The number of thiophene rings is 1. The van der Waals surface area contributed by atoms with Crippen LogP contribution in [0.25, 0.3) is 21.1 Å². The molecule has 6 heteroatoms. The summed E-state index contributed by atoms with van der Waals surface area (Å²) in [6.07, 6.45) is 0. The zero-order chi connectivity index (χ0) is 16.7. The van der Waals surface area contributed by atoms with Gasteiger partial charge in [0, 0.05) is 10.1 Å². The molecule has 2 N–H and O–H groups in total. The molecule has 0 saturated carbocycles. The number of aromatic nitrogens is 2. The van der Waals surface area contributed by atoms with Gasteiger partial charge in [0.05, 0.1) is 22.5 Å². The monoisotopic (exact) mass is 339 g/mol. The van der Waals surface area contributed by atoms with Crippen LogP contribution in [0.15, 0.2) is 42.5 Å². The molecule has 4 rings (SSSR count). The molecule has 0 atom stereocenters. The lowest BCUT2D eigenvalue weighted by atomic mass is 10.1. The third kappa shape index (κ3) is 2.45. The first-order valence-electron chi connectivity index (χ1n) is 7.53. The minimum absolute atomic E-state index is 0.214. The summed E-state index contributed by atoms with van der Waals surface area (Å²) in [6.45, 7) is 2.07. The molecule has 4 nitrogen and oxygen atoms in total. The number of imidazole rings is 1. The Morgan fingerprint density at radius 3 is 2.88 bits per heavy atom. The Hall–Kier alpha value is -2.73. The second kappa shape index (κ2) is 5.72. The van der Waals surface area contributed by atoms with Gasteiger partial charge in [0.25, 0.3) is 5.91 Å². The second-order valence-corrected chi connectivity index (χ2v) is 6.60. The first kappa shape index (κ1) is 14.8. The number of fused-ring (bicyclic) bond motifs is 2. The molecule has 2 heterocycles. The van der Waals surface area contributed by atoms with Crippen molar-refractivity contribution < 1.29 is 9.18 Å². The van der Waals surface area contributed by atoms with Crippen LogP contribution in [0.5, 0.6) is 0 Å². The zero-order valence-corrected chi connectivity index (χ0v) is 13.7. The van der Waals surface area contributed by atoms with E-state index in [0.29, 0.717) is 28.2 Å². The smallest absolute Gasteiger partial charge is 0.262 e. The van der Waals surface area contributed by atoms with Crippen LogP contribution in [0, 0.1) is 12.7 Å². The van der Waals surface area contributed by atoms with Gasteiger partial charge in [-0.2, -0.15) is 0 Å². The minimum atomic E-state index is -0.294. The lowest BCUT2D eigenvalue weighted by Gasteiger charge is -2.02. The number of halogens is 1. The SMILES string of the molecule is Cc1c(C(=O)NCc2nc3ccccc3[nH]2)sc2cccc(F)c12. The van der Waals surface area contributed by atoms with Gasteiger partial charge in [0.15, 0.2) is 0 Å². The fraction of sp³-hybridized carbons (Fsp3) is 0.111. The van der Waals surface area contributed by atoms with Gasteiger partial charge in [-0.25, -0.2) is 9.37 Å². The Morgan fingerprint density at radius 2 is 2.08 bits per heavy atom. The number of carbonyl (C=O) groups excluding carboxylic acids is 1. The summed E-state index contributed by atoms with van der Waals surface area (Å²) in [5.74, 6) is 0.181. The lowest BCUT2D eigenvalue weighted by Crippen LogP contribution is -2.23. The van der Waals surface area contributed by atoms with Crippen molar-refractivity contribution in [3.63, 3.8) is 0 Å². The summed E-state index contributed by atoms with van der Waals surface area (Å²) in [5, 5.41) is 3.38. The van der Waals surface area contributed by atoms with Gasteiger partial charge in [-0.3, -0.25) is 4.79 Å². The fourth-order valence-corrected chi connectivity index (χ4v) is 3.94. The summed E-state index contributed by atoms with van der Waals surface area (Å²) in [6, 6.07) is 12.6. The van der Waals surface area contributed by atoms with Crippen LogP contribution in [-0.4, -0.2) is 15.9 Å². The van der Waals surface area contributed by atoms with Gasteiger partial charge in [0.1, 0.15) is 11.6 Å². The molecule has 0 aliphatic heterocycles. The molecule has 0 bridgehead atoms. The maximum atomic E-state index is 14.0. The number of hydrogen-bond donors (Lipinski definition) is 2. The van der Waals surface area contributed by atoms with Crippen molar-refractivity contribution in [3.8, 4) is 0 Å². The Labute approximate surface area is 141 Å². The first-order valence-corrected chi connectivity index (χ1v) is 8.34. The van der Waals surface area contributed by atoms with E-state index < -0.39 is 0 Å². The van der Waals surface area contributed by atoms with Gasteiger partial charge in [-0.05, 0) is 36.8 Å². The van der Waals surface area contributed by atoms with Crippen molar-refractivity contribution in [1.29, 1.82) is 0 Å². The topological polar surface area (TPSA) is 57.8 Å². The van der Waals surface area contributed by atoms with Crippen LogP contribution >= 0.6 is 11.3 Å². The summed E-state index contributed by atoms with van der Waals surface area (Å²) in [5.41, 5.74) is 2.47. The Balaban J connectivity index is 1.58. The zero-order valence-electron chi connectivity index (χ0n) is 12.9. The highest BCUT2D eigenvalue weighted by Crippen LogP contribution is 2.32. The highest BCUT2D eigenvalue weighted by molar-refractivity contribution is 7.21. The van der Waals surface area contributed by atoms with Crippen LogP contribution in [-0.2, 0) is 6.54 Å². The number of nitrogens with zero attached hydrogens (tertiary/aromatic N) is 1. The number of H-pyrrole nitrogens is 1. The van der Waals surface area contributed by atoms with Crippen molar-refractivity contribution >= 4 is 38.4 Å². The molecule has 0 saturated heterocycles. The summed E-state index contributed by atoms with van der Waals surface area (Å²) in [4.78, 5) is 20.6. The predicted octanol–water partition coefficient (Wildman–Crippen LogP) is 4.16. The van der Waals surface area contributed by atoms with E-state index in [1.54, 1.807) is 13.0 Å². The van der Waals surface area contributed by atoms with Crippen molar-refractivity contribution in [3.05, 3.63) is 64.5 Å². The van der Waals surface area contributed by atoms with Gasteiger partial charge in [0.2, 0.25) is 0 Å². The highest BCUT2D eigenvalue weighted by atomic mass is 32.1. The molecular formula is C18H14FN3OS.